The smallest absolute Gasteiger partial charge is 0.129 e. The maximum atomic E-state index is 14.1. The van der Waals surface area contributed by atoms with Crippen LogP contribution in [0.3, 0.4) is 0 Å². The molecule has 2 saturated heterocycles. The number of benzene rings is 1. The molecule has 0 aliphatic carbocycles. The van der Waals surface area contributed by atoms with Gasteiger partial charge in [0.05, 0.1) is 5.60 Å². The van der Waals surface area contributed by atoms with Crippen molar-refractivity contribution in [1.29, 1.82) is 0 Å². The van der Waals surface area contributed by atoms with Crippen LogP contribution in [0.1, 0.15) is 43.2 Å². The summed E-state index contributed by atoms with van der Waals surface area (Å²) in [5, 5.41) is 12.0. The molecule has 2 unspecified atom stereocenters. The zero-order chi connectivity index (χ0) is 13.5. The third-order valence-corrected chi connectivity index (χ3v) is 6.02. The molecular weight excluding hydrogens is 259 g/mol. The topological polar surface area (TPSA) is 20.2 Å². The molecule has 19 heavy (non-hydrogen) atoms. The lowest BCUT2D eigenvalue weighted by molar-refractivity contribution is 0.0122. The summed E-state index contributed by atoms with van der Waals surface area (Å²) in [5.41, 5.74) is 0.647. The zero-order valence-electron chi connectivity index (χ0n) is 11.4. The molecule has 1 aromatic carbocycles. The Morgan fingerprint density at radius 1 is 1.32 bits per heavy atom. The minimum absolute atomic E-state index is 0.140. The van der Waals surface area contributed by atoms with E-state index in [4.69, 9.17) is 0 Å². The van der Waals surface area contributed by atoms with Gasteiger partial charge in [0.25, 0.3) is 0 Å². The second-order valence-corrected chi connectivity index (χ2v) is 7.77. The summed E-state index contributed by atoms with van der Waals surface area (Å²) in [6.07, 6.45) is 5.81. The lowest BCUT2D eigenvalue weighted by Gasteiger charge is -2.44. The monoisotopic (exact) mass is 280 g/mol. The lowest BCUT2D eigenvalue weighted by atomic mass is 9.81. The molecule has 1 aromatic rings. The summed E-state index contributed by atoms with van der Waals surface area (Å²) in [5.74, 6) is -0.140. The molecule has 0 saturated carbocycles. The van der Waals surface area contributed by atoms with E-state index in [1.807, 2.05) is 23.9 Å². The summed E-state index contributed by atoms with van der Waals surface area (Å²) in [6.45, 7) is 1.79. The van der Waals surface area contributed by atoms with Crippen LogP contribution in [-0.4, -0.2) is 21.2 Å². The first-order chi connectivity index (χ1) is 9.06. The Morgan fingerprint density at radius 2 is 2.00 bits per heavy atom. The largest absolute Gasteiger partial charge is 0.389 e. The van der Waals surface area contributed by atoms with Crippen molar-refractivity contribution in [3.63, 3.8) is 0 Å². The van der Waals surface area contributed by atoms with E-state index >= 15 is 0 Å². The standard InChI is InChI=1S/C16H21FOS/c1-11-4-2-5-12(15(11)17)8-16(18)9-13-6-3-7-14(10-16)19-13/h2,4-5,13-14,18H,3,6-10H2,1H3. The van der Waals surface area contributed by atoms with Gasteiger partial charge in [-0.25, -0.2) is 4.39 Å². The summed E-state index contributed by atoms with van der Waals surface area (Å²) in [6, 6.07) is 5.49. The van der Waals surface area contributed by atoms with E-state index in [1.165, 1.54) is 19.3 Å². The van der Waals surface area contributed by atoms with Crippen molar-refractivity contribution in [3.8, 4) is 0 Å². The quantitative estimate of drug-likeness (QED) is 0.888. The Kier molecular flexibility index (Phi) is 3.61. The van der Waals surface area contributed by atoms with Crippen molar-refractivity contribution in [2.24, 2.45) is 0 Å². The minimum atomic E-state index is -0.699. The van der Waals surface area contributed by atoms with Gasteiger partial charge < -0.3 is 5.11 Å². The maximum Gasteiger partial charge on any atom is 0.129 e. The van der Waals surface area contributed by atoms with Crippen molar-refractivity contribution in [1.82, 2.24) is 0 Å². The molecule has 2 aliphatic heterocycles. The fourth-order valence-corrected chi connectivity index (χ4v) is 5.52. The van der Waals surface area contributed by atoms with E-state index in [-0.39, 0.29) is 5.82 Å². The molecule has 0 spiro atoms. The molecular formula is C16H21FOS. The molecule has 2 fully saturated rings. The molecule has 2 bridgehead atoms. The van der Waals surface area contributed by atoms with Crippen LogP contribution in [-0.2, 0) is 6.42 Å². The van der Waals surface area contributed by atoms with Crippen LogP contribution < -0.4 is 0 Å². The number of fused-ring (bicyclic) bond motifs is 2. The highest BCUT2D eigenvalue weighted by atomic mass is 32.2. The summed E-state index contributed by atoms with van der Waals surface area (Å²) < 4.78 is 14.1. The number of rotatable bonds is 2. The van der Waals surface area contributed by atoms with Gasteiger partial charge in [0, 0.05) is 16.9 Å². The van der Waals surface area contributed by atoms with Gasteiger partial charge in [-0.15, -0.1) is 0 Å². The molecule has 0 amide bonds. The minimum Gasteiger partial charge on any atom is -0.389 e. The Balaban J connectivity index is 1.80. The summed E-state index contributed by atoms with van der Waals surface area (Å²) in [7, 11) is 0. The van der Waals surface area contributed by atoms with Crippen LogP contribution in [0.2, 0.25) is 0 Å². The number of aliphatic hydroxyl groups is 1. The molecule has 1 nitrogen and oxygen atoms in total. The first-order valence-corrected chi connectivity index (χ1v) is 8.12. The fourth-order valence-electron chi connectivity index (χ4n) is 3.56. The van der Waals surface area contributed by atoms with Crippen molar-refractivity contribution in [3.05, 3.63) is 35.1 Å². The van der Waals surface area contributed by atoms with Gasteiger partial charge in [-0.3, -0.25) is 0 Å². The first-order valence-electron chi connectivity index (χ1n) is 7.18. The Labute approximate surface area is 118 Å². The normalized spacial score (nSPS) is 34.3. The highest BCUT2D eigenvalue weighted by molar-refractivity contribution is 8.00. The van der Waals surface area contributed by atoms with E-state index in [0.717, 1.165) is 12.8 Å². The van der Waals surface area contributed by atoms with Crippen LogP contribution >= 0.6 is 11.8 Å². The van der Waals surface area contributed by atoms with E-state index in [1.54, 1.807) is 13.0 Å². The van der Waals surface area contributed by atoms with Gasteiger partial charge >= 0.3 is 0 Å². The van der Waals surface area contributed by atoms with Crippen LogP contribution in [0.25, 0.3) is 0 Å². The Morgan fingerprint density at radius 3 is 2.68 bits per heavy atom. The van der Waals surface area contributed by atoms with Gasteiger partial charge in [0.15, 0.2) is 0 Å². The molecule has 3 heteroatoms. The Hall–Kier alpha value is -0.540. The number of hydrogen-bond donors (Lipinski definition) is 1. The van der Waals surface area contributed by atoms with E-state index in [0.29, 0.717) is 28.0 Å². The number of aryl methyl sites for hydroxylation is 1. The second-order valence-electron chi connectivity index (χ2n) is 6.17. The van der Waals surface area contributed by atoms with E-state index in [9.17, 15) is 9.50 Å². The highest BCUT2D eigenvalue weighted by Gasteiger charge is 2.41. The molecule has 0 radical (unpaired) electrons. The highest BCUT2D eigenvalue weighted by Crippen LogP contribution is 2.46. The molecule has 2 atom stereocenters. The zero-order valence-corrected chi connectivity index (χ0v) is 12.2. The van der Waals surface area contributed by atoms with Crippen LogP contribution in [0.15, 0.2) is 18.2 Å². The predicted molar refractivity (Wildman–Crippen MR) is 78.0 cm³/mol. The average molecular weight is 280 g/mol. The summed E-state index contributed by atoms with van der Waals surface area (Å²) >= 11 is 2.04. The molecule has 0 aromatic heterocycles. The van der Waals surface area contributed by atoms with Crippen molar-refractivity contribution >= 4 is 11.8 Å². The van der Waals surface area contributed by atoms with Crippen LogP contribution in [0.4, 0.5) is 4.39 Å². The summed E-state index contributed by atoms with van der Waals surface area (Å²) in [4.78, 5) is 0. The Bertz CT molecular complexity index is 462. The average Bonchev–Trinajstić information content (AvgIpc) is 2.34. The SMILES string of the molecule is Cc1cccc(CC2(O)CC3CCCC(C2)S3)c1F. The molecule has 2 aliphatic rings. The van der Waals surface area contributed by atoms with Crippen molar-refractivity contribution < 1.29 is 9.50 Å². The molecule has 1 N–H and O–H groups in total. The van der Waals surface area contributed by atoms with E-state index in [2.05, 4.69) is 0 Å². The predicted octanol–water partition coefficient (Wildman–Crippen LogP) is 3.86. The van der Waals surface area contributed by atoms with Gasteiger partial charge in [0.2, 0.25) is 0 Å². The van der Waals surface area contributed by atoms with Gasteiger partial charge in [-0.2, -0.15) is 11.8 Å². The maximum absolute atomic E-state index is 14.1. The van der Waals surface area contributed by atoms with Gasteiger partial charge in [-0.1, -0.05) is 24.6 Å². The van der Waals surface area contributed by atoms with Crippen molar-refractivity contribution in [2.45, 2.75) is 61.5 Å². The lowest BCUT2D eigenvalue weighted by Crippen LogP contribution is -2.44. The molecule has 104 valence electrons. The third-order valence-electron chi connectivity index (χ3n) is 4.44. The molecule has 3 rings (SSSR count). The fraction of sp³-hybridized carbons (Fsp3) is 0.625. The van der Waals surface area contributed by atoms with Crippen LogP contribution in [0, 0.1) is 12.7 Å². The van der Waals surface area contributed by atoms with Gasteiger partial charge in [-0.05, 0) is 43.7 Å². The number of thioether (sulfide) groups is 1. The van der Waals surface area contributed by atoms with Crippen LogP contribution in [0.5, 0.6) is 0 Å². The van der Waals surface area contributed by atoms with E-state index < -0.39 is 5.60 Å². The first kappa shape index (κ1) is 13.4. The third kappa shape index (κ3) is 2.82. The number of hydrogen-bond acceptors (Lipinski definition) is 2. The molecule has 2 heterocycles. The van der Waals surface area contributed by atoms with Crippen molar-refractivity contribution in [2.75, 3.05) is 0 Å². The second kappa shape index (κ2) is 5.10. The van der Waals surface area contributed by atoms with Gasteiger partial charge in [0.1, 0.15) is 5.82 Å². The number of halogens is 1.